The van der Waals surface area contributed by atoms with E-state index >= 15 is 0 Å². The summed E-state index contributed by atoms with van der Waals surface area (Å²) < 4.78 is 3.59. The molecule has 0 bridgehead atoms. The number of hydrogen-bond acceptors (Lipinski definition) is 0. The average Bonchev–Trinajstić information content (AvgIpc) is 2.82. The summed E-state index contributed by atoms with van der Waals surface area (Å²) in [4.78, 5) is 0. The Morgan fingerprint density at radius 3 is 2.38 bits per heavy atom. The number of hydrogen-bond donors (Lipinski definition) is 0. The van der Waals surface area contributed by atoms with Crippen molar-refractivity contribution in [3.63, 3.8) is 0 Å². The maximum atomic E-state index is 2.42. The first-order chi connectivity index (χ1) is 10.3. The molecule has 0 unspecified atom stereocenters. The monoisotopic (exact) mass is 383 g/mol. The molecule has 4 rings (SSSR count). The lowest BCUT2D eigenvalue weighted by molar-refractivity contribution is 1.01. The highest BCUT2D eigenvalue weighted by atomic mass is 127. The van der Waals surface area contributed by atoms with Crippen LogP contribution in [0.15, 0.2) is 66.7 Å². The Morgan fingerprint density at radius 1 is 0.762 bits per heavy atom. The second-order valence-corrected chi connectivity index (χ2v) is 6.46. The molecule has 0 atom stereocenters. The van der Waals surface area contributed by atoms with E-state index in [1.165, 1.54) is 36.5 Å². The third-order valence-corrected chi connectivity index (χ3v) is 4.95. The fourth-order valence-corrected chi connectivity index (χ4v) is 3.91. The minimum absolute atomic E-state index is 1.27. The Labute approximate surface area is 137 Å². The van der Waals surface area contributed by atoms with Crippen LogP contribution in [0.3, 0.4) is 0 Å². The number of rotatable bonds is 1. The predicted molar refractivity (Wildman–Crippen MR) is 98.6 cm³/mol. The summed E-state index contributed by atoms with van der Waals surface area (Å²) in [6, 6.07) is 23.8. The minimum Gasteiger partial charge on any atom is -0.343 e. The van der Waals surface area contributed by atoms with Gasteiger partial charge in [0.2, 0.25) is 0 Å². The quantitative estimate of drug-likeness (QED) is 0.377. The van der Waals surface area contributed by atoms with Crippen molar-refractivity contribution in [3.8, 4) is 11.1 Å². The number of aryl methyl sites for hydroxylation is 1. The predicted octanol–water partition coefficient (Wildman–Crippen LogP) is 5.60. The molecule has 21 heavy (non-hydrogen) atoms. The lowest BCUT2D eigenvalue weighted by Gasteiger charge is -2.03. The first-order valence-electron chi connectivity index (χ1n) is 6.98. The van der Waals surface area contributed by atoms with E-state index in [4.69, 9.17) is 0 Å². The number of aromatic nitrogens is 1. The Hall–Kier alpha value is -1.81. The van der Waals surface area contributed by atoms with Crippen LogP contribution in [0.25, 0.3) is 32.9 Å². The third kappa shape index (κ3) is 1.97. The second-order valence-electron chi connectivity index (χ2n) is 5.29. The van der Waals surface area contributed by atoms with Gasteiger partial charge in [-0.1, -0.05) is 48.5 Å². The summed E-state index contributed by atoms with van der Waals surface area (Å²) in [5.74, 6) is 0. The lowest BCUT2D eigenvalue weighted by Crippen LogP contribution is -1.88. The van der Waals surface area contributed by atoms with Gasteiger partial charge in [0.1, 0.15) is 0 Å². The van der Waals surface area contributed by atoms with Crippen LogP contribution in [0.4, 0.5) is 0 Å². The molecule has 3 aromatic carbocycles. The van der Waals surface area contributed by atoms with Gasteiger partial charge in [0.15, 0.2) is 0 Å². The van der Waals surface area contributed by atoms with Gasteiger partial charge in [0.25, 0.3) is 0 Å². The van der Waals surface area contributed by atoms with Crippen molar-refractivity contribution < 1.29 is 0 Å². The molecule has 0 spiro atoms. The van der Waals surface area contributed by atoms with E-state index in [2.05, 4.69) is 101 Å². The molecule has 1 heterocycles. The summed E-state index contributed by atoms with van der Waals surface area (Å²) >= 11 is 2.42. The summed E-state index contributed by atoms with van der Waals surface area (Å²) in [5.41, 5.74) is 5.14. The van der Waals surface area contributed by atoms with Crippen LogP contribution in [0.5, 0.6) is 0 Å². The largest absolute Gasteiger partial charge is 0.343 e. The fraction of sp³-hybridized carbons (Fsp3) is 0.0526. The first kappa shape index (κ1) is 12.9. The van der Waals surface area contributed by atoms with Gasteiger partial charge >= 0.3 is 0 Å². The molecule has 0 fully saturated rings. The van der Waals surface area contributed by atoms with Crippen LogP contribution in [-0.4, -0.2) is 4.57 Å². The number of benzene rings is 3. The van der Waals surface area contributed by atoms with Crippen LogP contribution >= 0.6 is 22.6 Å². The van der Waals surface area contributed by atoms with E-state index in [0.29, 0.717) is 0 Å². The highest BCUT2D eigenvalue weighted by Crippen LogP contribution is 2.33. The van der Waals surface area contributed by atoms with Gasteiger partial charge in [-0.15, -0.1) is 0 Å². The number of halogens is 1. The van der Waals surface area contributed by atoms with E-state index in [1.54, 1.807) is 0 Å². The second kappa shape index (κ2) is 4.88. The molecular formula is C19H14IN. The van der Waals surface area contributed by atoms with E-state index in [-0.39, 0.29) is 0 Å². The van der Waals surface area contributed by atoms with Crippen molar-refractivity contribution in [1.82, 2.24) is 4.57 Å². The van der Waals surface area contributed by atoms with Gasteiger partial charge in [0.05, 0.1) is 5.52 Å². The highest BCUT2D eigenvalue weighted by molar-refractivity contribution is 14.1. The van der Waals surface area contributed by atoms with Crippen LogP contribution in [0, 0.1) is 3.57 Å². The summed E-state index contributed by atoms with van der Waals surface area (Å²) in [6.45, 7) is 0. The first-order valence-corrected chi connectivity index (χ1v) is 8.05. The molecule has 0 saturated carbocycles. The molecular weight excluding hydrogens is 369 g/mol. The zero-order valence-corrected chi connectivity index (χ0v) is 13.8. The Bertz CT molecular complexity index is 952. The van der Waals surface area contributed by atoms with Gasteiger partial charge < -0.3 is 4.57 Å². The molecule has 1 aromatic heterocycles. The van der Waals surface area contributed by atoms with Gasteiger partial charge in [-0.3, -0.25) is 0 Å². The molecule has 0 aliphatic heterocycles. The smallest absolute Gasteiger partial charge is 0.0624 e. The van der Waals surface area contributed by atoms with Gasteiger partial charge in [-0.2, -0.15) is 0 Å². The molecule has 0 N–H and O–H groups in total. The average molecular weight is 383 g/mol. The molecule has 0 saturated heterocycles. The van der Waals surface area contributed by atoms with E-state index in [0.717, 1.165) is 0 Å². The van der Waals surface area contributed by atoms with Crippen molar-refractivity contribution in [2.75, 3.05) is 0 Å². The summed E-state index contributed by atoms with van der Waals surface area (Å²) in [6.07, 6.45) is 0. The SMILES string of the molecule is Cn1c2ccc(-c3ccccc3)cc2c2cccc(I)c21. The van der Waals surface area contributed by atoms with E-state index < -0.39 is 0 Å². The standard InChI is InChI=1S/C19H14IN/c1-21-18-11-10-14(13-6-3-2-4-7-13)12-16(18)15-8-5-9-17(20)19(15)21/h2-12H,1H3. The van der Waals surface area contributed by atoms with Crippen molar-refractivity contribution in [2.45, 2.75) is 0 Å². The number of para-hydroxylation sites is 1. The van der Waals surface area contributed by atoms with Crippen molar-refractivity contribution in [3.05, 3.63) is 70.3 Å². The fourth-order valence-electron chi connectivity index (χ4n) is 3.05. The summed E-state index contributed by atoms with van der Waals surface area (Å²) in [5, 5.41) is 2.66. The van der Waals surface area contributed by atoms with E-state index in [1.807, 2.05) is 0 Å². The Kier molecular flexibility index (Phi) is 3.00. The van der Waals surface area contributed by atoms with E-state index in [9.17, 15) is 0 Å². The van der Waals surface area contributed by atoms with Crippen molar-refractivity contribution in [1.29, 1.82) is 0 Å². The van der Waals surface area contributed by atoms with Crippen molar-refractivity contribution in [2.24, 2.45) is 7.05 Å². The molecule has 4 aromatic rings. The lowest BCUT2D eigenvalue weighted by atomic mass is 10.0. The molecule has 0 amide bonds. The Morgan fingerprint density at radius 2 is 1.57 bits per heavy atom. The van der Waals surface area contributed by atoms with Gasteiger partial charge in [-0.05, 0) is 51.9 Å². The molecule has 102 valence electrons. The normalized spacial score (nSPS) is 11.3. The van der Waals surface area contributed by atoms with Gasteiger partial charge in [0, 0.05) is 26.9 Å². The van der Waals surface area contributed by atoms with Crippen LogP contribution in [0.2, 0.25) is 0 Å². The van der Waals surface area contributed by atoms with Gasteiger partial charge in [-0.25, -0.2) is 0 Å². The Balaban J connectivity index is 2.09. The maximum absolute atomic E-state index is 2.42. The van der Waals surface area contributed by atoms with Crippen LogP contribution < -0.4 is 0 Å². The maximum Gasteiger partial charge on any atom is 0.0624 e. The molecule has 1 nitrogen and oxygen atoms in total. The molecule has 0 aliphatic carbocycles. The number of nitrogens with zero attached hydrogens (tertiary/aromatic N) is 1. The zero-order valence-electron chi connectivity index (χ0n) is 11.7. The van der Waals surface area contributed by atoms with Crippen LogP contribution in [-0.2, 0) is 7.05 Å². The van der Waals surface area contributed by atoms with Crippen LogP contribution in [0.1, 0.15) is 0 Å². The molecule has 0 radical (unpaired) electrons. The minimum atomic E-state index is 1.27. The molecule has 2 heteroatoms. The number of fused-ring (bicyclic) bond motifs is 3. The topological polar surface area (TPSA) is 4.93 Å². The summed E-state index contributed by atoms with van der Waals surface area (Å²) in [7, 11) is 2.15. The van der Waals surface area contributed by atoms with Crippen molar-refractivity contribution >= 4 is 44.4 Å². The molecule has 0 aliphatic rings. The highest BCUT2D eigenvalue weighted by Gasteiger charge is 2.11. The zero-order chi connectivity index (χ0) is 14.4. The third-order valence-electron chi connectivity index (χ3n) is 4.08.